The van der Waals surface area contributed by atoms with Gasteiger partial charge in [0.2, 0.25) is 15.9 Å². The van der Waals surface area contributed by atoms with Gasteiger partial charge in [-0.1, -0.05) is 6.92 Å². The van der Waals surface area contributed by atoms with Gasteiger partial charge in [0.25, 0.3) is 0 Å². The number of sulfonamides is 1. The summed E-state index contributed by atoms with van der Waals surface area (Å²) in [6, 6.07) is 6.06. The Morgan fingerprint density at radius 3 is 2.25 bits per heavy atom. The third-order valence-corrected chi connectivity index (χ3v) is 4.94. The molecule has 1 amide bonds. The molecule has 0 saturated heterocycles. The Morgan fingerprint density at radius 2 is 1.80 bits per heavy atom. The second kappa shape index (κ2) is 5.54. The van der Waals surface area contributed by atoms with Gasteiger partial charge in [-0.15, -0.1) is 0 Å². The van der Waals surface area contributed by atoms with E-state index in [1.165, 1.54) is 12.1 Å². The van der Waals surface area contributed by atoms with Crippen LogP contribution >= 0.6 is 0 Å². The van der Waals surface area contributed by atoms with Crippen molar-refractivity contribution in [2.45, 2.75) is 38.1 Å². The highest BCUT2D eigenvalue weighted by molar-refractivity contribution is 7.89. The maximum Gasteiger partial charge on any atom is 0.240 e. The zero-order chi connectivity index (χ0) is 14.9. The smallest absolute Gasteiger partial charge is 0.240 e. The standard InChI is InChI=1S/C14H20N2O3S/c1-9(2)16-20(18,19)12-6-4-11(5-7-12)15-14(17)13-8-10(13)3/h4-7,9-10,13,16H,8H2,1-3H3,(H,15,17)/t10-,13-/m1/s1. The van der Waals surface area contributed by atoms with Gasteiger partial charge in [-0.05, 0) is 50.5 Å². The molecule has 2 rings (SSSR count). The van der Waals surface area contributed by atoms with Crippen LogP contribution in [0, 0.1) is 11.8 Å². The summed E-state index contributed by atoms with van der Waals surface area (Å²) in [6.45, 7) is 5.57. The van der Waals surface area contributed by atoms with Crippen molar-refractivity contribution in [1.82, 2.24) is 4.72 Å². The number of benzene rings is 1. The number of rotatable bonds is 5. The molecule has 1 aromatic carbocycles. The molecule has 0 radical (unpaired) electrons. The van der Waals surface area contributed by atoms with Gasteiger partial charge >= 0.3 is 0 Å². The van der Waals surface area contributed by atoms with Gasteiger partial charge < -0.3 is 5.32 Å². The molecule has 0 unspecified atom stereocenters. The van der Waals surface area contributed by atoms with E-state index in [2.05, 4.69) is 10.0 Å². The number of hydrogen-bond donors (Lipinski definition) is 2. The summed E-state index contributed by atoms with van der Waals surface area (Å²) < 4.78 is 26.4. The van der Waals surface area contributed by atoms with Gasteiger partial charge in [0.15, 0.2) is 0 Å². The second-order valence-electron chi connectivity index (χ2n) is 5.61. The quantitative estimate of drug-likeness (QED) is 0.872. The largest absolute Gasteiger partial charge is 0.326 e. The average molecular weight is 296 g/mol. The first-order valence-electron chi connectivity index (χ1n) is 6.73. The minimum atomic E-state index is -3.48. The van der Waals surface area contributed by atoms with Gasteiger partial charge in [0.1, 0.15) is 0 Å². The van der Waals surface area contributed by atoms with Gasteiger partial charge in [0.05, 0.1) is 4.90 Å². The van der Waals surface area contributed by atoms with E-state index in [4.69, 9.17) is 0 Å². The number of hydrogen-bond acceptors (Lipinski definition) is 3. The Morgan fingerprint density at radius 1 is 1.25 bits per heavy atom. The third-order valence-electron chi connectivity index (χ3n) is 3.27. The number of carbonyl (C=O) groups excluding carboxylic acids is 1. The number of nitrogens with one attached hydrogen (secondary N) is 2. The van der Waals surface area contributed by atoms with Crippen molar-refractivity contribution in [3.8, 4) is 0 Å². The predicted molar refractivity (Wildman–Crippen MR) is 77.8 cm³/mol. The molecule has 110 valence electrons. The van der Waals surface area contributed by atoms with Gasteiger partial charge in [-0.3, -0.25) is 4.79 Å². The lowest BCUT2D eigenvalue weighted by molar-refractivity contribution is -0.117. The molecule has 5 nitrogen and oxygen atoms in total. The summed E-state index contributed by atoms with van der Waals surface area (Å²) in [6.07, 6.45) is 0.927. The SMILES string of the molecule is CC(C)NS(=O)(=O)c1ccc(NC(=O)[C@@H]2C[C@H]2C)cc1. The minimum Gasteiger partial charge on any atom is -0.326 e. The molecule has 0 bridgehead atoms. The number of anilines is 1. The summed E-state index contributed by atoms with van der Waals surface area (Å²) in [5, 5.41) is 2.80. The van der Waals surface area contributed by atoms with Crippen molar-refractivity contribution in [2.24, 2.45) is 11.8 Å². The van der Waals surface area contributed by atoms with E-state index in [1.807, 2.05) is 6.92 Å². The summed E-state index contributed by atoms with van der Waals surface area (Å²) in [5.41, 5.74) is 0.623. The van der Waals surface area contributed by atoms with Crippen molar-refractivity contribution in [1.29, 1.82) is 0 Å². The zero-order valence-corrected chi connectivity index (χ0v) is 12.7. The van der Waals surface area contributed by atoms with Crippen LogP contribution in [0.15, 0.2) is 29.2 Å². The molecular weight excluding hydrogens is 276 g/mol. The zero-order valence-electron chi connectivity index (χ0n) is 11.9. The van der Waals surface area contributed by atoms with Crippen LogP contribution < -0.4 is 10.0 Å². The first kappa shape index (κ1) is 15.0. The van der Waals surface area contributed by atoms with Crippen molar-refractivity contribution in [2.75, 3.05) is 5.32 Å². The highest BCUT2D eigenvalue weighted by atomic mass is 32.2. The van der Waals surface area contributed by atoms with Gasteiger partial charge in [-0.2, -0.15) is 0 Å². The molecule has 1 aliphatic carbocycles. The molecule has 1 aromatic rings. The fourth-order valence-electron chi connectivity index (χ4n) is 2.02. The molecule has 0 aromatic heterocycles. The second-order valence-corrected chi connectivity index (χ2v) is 7.32. The van der Waals surface area contributed by atoms with Crippen molar-refractivity contribution in [3.63, 3.8) is 0 Å². The molecule has 20 heavy (non-hydrogen) atoms. The van der Waals surface area contributed by atoms with Crippen molar-refractivity contribution in [3.05, 3.63) is 24.3 Å². The normalized spacial score (nSPS) is 21.8. The van der Waals surface area contributed by atoms with Gasteiger partial charge in [-0.25, -0.2) is 13.1 Å². The first-order valence-corrected chi connectivity index (χ1v) is 8.21. The number of amides is 1. The summed E-state index contributed by atoms with van der Waals surface area (Å²) in [7, 11) is -3.48. The molecule has 1 saturated carbocycles. The minimum absolute atomic E-state index is 0.00779. The van der Waals surface area contributed by atoms with E-state index >= 15 is 0 Å². The van der Waals surface area contributed by atoms with Crippen LogP contribution in [0.1, 0.15) is 27.2 Å². The van der Waals surface area contributed by atoms with Gasteiger partial charge in [0, 0.05) is 17.6 Å². The maximum atomic E-state index is 11.9. The first-order chi connectivity index (χ1) is 9.29. The Hall–Kier alpha value is -1.40. The van der Waals surface area contributed by atoms with Crippen LogP contribution in [-0.2, 0) is 14.8 Å². The van der Waals surface area contributed by atoms with Crippen LogP contribution in [-0.4, -0.2) is 20.4 Å². The Balaban J connectivity index is 2.04. The fraction of sp³-hybridized carbons (Fsp3) is 0.500. The topological polar surface area (TPSA) is 75.3 Å². The van der Waals surface area contributed by atoms with Crippen LogP contribution in [0.25, 0.3) is 0 Å². The lowest BCUT2D eigenvalue weighted by atomic mass is 10.3. The van der Waals surface area contributed by atoms with Crippen LogP contribution in [0.2, 0.25) is 0 Å². The molecule has 0 aliphatic heterocycles. The molecule has 6 heteroatoms. The highest BCUT2D eigenvalue weighted by Gasteiger charge is 2.39. The van der Waals surface area contributed by atoms with E-state index in [0.717, 1.165) is 6.42 Å². The highest BCUT2D eigenvalue weighted by Crippen LogP contribution is 2.38. The summed E-state index contributed by atoms with van der Waals surface area (Å²) >= 11 is 0. The summed E-state index contributed by atoms with van der Waals surface area (Å²) in [4.78, 5) is 12.0. The average Bonchev–Trinajstić information content (AvgIpc) is 3.05. The fourth-order valence-corrected chi connectivity index (χ4v) is 3.27. The molecule has 1 aliphatic rings. The lowest BCUT2D eigenvalue weighted by Gasteiger charge is -2.10. The third kappa shape index (κ3) is 3.58. The monoisotopic (exact) mass is 296 g/mol. The summed E-state index contributed by atoms with van der Waals surface area (Å²) in [5.74, 6) is 0.555. The Labute approximate surface area is 119 Å². The maximum absolute atomic E-state index is 11.9. The van der Waals surface area contributed by atoms with E-state index in [0.29, 0.717) is 11.6 Å². The van der Waals surface area contributed by atoms with E-state index in [1.54, 1.807) is 26.0 Å². The molecule has 0 heterocycles. The Bertz CT molecular complexity index is 593. The van der Waals surface area contributed by atoms with Crippen molar-refractivity contribution < 1.29 is 13.2 Å². The number of carbonyl (C=O) groups is 1. The molecule has 2 N–H and O–H groups in total. The molecule has 0 spiro atoms. The van der Waals surface area contributed by atoms with E-state index < -0.39 is 10.0 Å². The van der Waals surface area contributed by atoms with Crippen molar-refractivity contribution >= 4 is 21.6 Å². The molecular formula is C14H20N2O3S. The van der Waals surface area contributed by atoms with Crippen LogP contribution in [0.3, 0.4) is 0 Å². The van der Waals surface area contributed by atoms with Crippen LogP contribution in [0.4, 0.5) is 5.69 Å². The Kier molecular flexibility index (Phi) is 4.15. The van der Waals surface area contributed by atoms with E-state index in [9.17, 15) is 13.2 Å². The molecule has 1 fully saturated rings. The predicted octanol–water partition coefficient (Wildman–Crippen LogP) is 1.97. The van der Waals surface area contributed by atoms with E-state index in [-0.39, 0.29) is 22.8 Å². The lowest BCUT2D eigenvalue weighted by Crippen LogP contribution is -2.30. The van der Waals surface area contributed by atoms with Crippen LogP contribution in [0.5, 0.6) is 0 Å². The molecule has 2 atom stereocenters.